The first-order chi connectivity index (χ1) is 9.78. The maximum Gasteiger partial charge on any atom is 0.256 e. The smallest absolute Gasteiger partial charge is 0.256 e. The number of nitrogens with one attached hydrogen (secondary N) is 1. The SMILES string of the molecule is CCn1cc(NC(=O)c2cccc3ncccc23)cn1. The number of rotatable bonds is 3. The van der Waals surface area contributed by atoms with Crippen LogP contribution in [0.3, 0.4) is 0 Å². The molecule has 1 N–H and O–H groups in total. The topological polar surface area (TPSA) is 59.8 Å². The monoisotopic (exact) mass is 266 g/mol. The van der Waals surface area contributed by atoms with Gasteiger partial charge in [-0.15, -0.1) is 0 Å². The molecule has 1 aromatic carbocycles. The maximum atomic E-state index is 12.3. The molecular formula is C15H14N4O. The summed E-state index contributed by atoms with van der Waals surface area (Å²) in [5.74, 6) is -0.153. The van der Waals surface area contributed by atoms with E-state index in [4.69, 9.17) is 0 Å². The second-order valence-corrected chi connectivity index (χ2v) is 4.41. The zero-order chi connectivity index (χ0) is 13.9. The molecule has 100 valence electrons. The van der Waals surface area contributed by atoms with Gasteiger partial charge in [0.05, 0.1) is 17.4 Å². The van der Waals surface area contributed by atoms with Crippen molar-refractivity contribution in [2.75, 3.05) is 5.32 Å². The summed E-state index contributed by atoms with van der Waals surface area (Å²) in [6.45, 7) is 2.77. The van der Waals surface area contributed by atoms with Crippen LogP contribution in [0.4, 0.5) is 5.69 Å². The molecule has 3 aromatic rings. The molecule has 20 heavy (non-hydrogen) atoms. The molecular weight excluding hydrogens is 252 g/mol. The van der Waals surface area contributed by atoms with Crippen LogP contribution in [0.15, 0.2) is 48.9 Å². The van der Waals surface area contributed by atoms with Crippen molar-refractivity contribution in [3.8, 4) is 0 Å². The summed E-state index contributed by atoms with van der Waals surface area (Å²) in [5.41, 5.74) is 2.11. The van der Waals surface area contributed by atoms with E-state index in [0.717, 1.165) is 17.4 Å². The van der Waals surface area contributed by atoms with Gasteiger partial charge in [-0.2, -0.15) is 5.10 Å². The summed E-state index contributed by atoms with van der Waals surface area (Å²) < 4.78 is 1.76. The first-order valence-electron chi connectivity index (χ1n) is 6.45. The van der Waals surface area contributed by atoms with Crippen LogP contribution in [0.25, 0.3) is 10.9 Å². The average molecular weight is 266 g/mol. The van der Waals surface area contributed by atoms with E-state index in [9.17, 15) is 4.79 Å². The standard InChI is InChI=1S/C15H14N4O/c1-2-19-10-11(9-17-19)18-15(20)13-5-3-7-14-12(13)6-4-8-16-14/h3-10H,2H2,1H3,(H,18,20). The zero-order valence-corrected chi connectivity index (χ0v) is 11.1. The van der Waals surface area contributed by atoms with E-state index >= 15 is 0 Å². The summed E-state index contributed by atoms with van der Waals surface area (Å²) in [6, 6.07) is 9.24. The van der Waals surface area contributed by atoms with Gasteiger partial charge in [-0.3, -0.25) is 14.5 Å². The van der Waals surface area contributed by atoms with Crippen molar-refractivity contribution in [2.45, 2.75) is 13.5 Å². The summed E-state index contributed by atoms with van der Waals surface area (Å²) in [6.07, 6.45) is 5.17. The molecule has 0 radical (unpaired) electrons. The third kappa shape index (κ3) is 2.25. The fraction of sp³-hybridized carbons (Fsp3) is 0.133. The third-order valence-electron chi connectivity index (χ3n) is 3.11. The van der Waals surface area contributed by atoms with Crippen molar-refractivity contribution < 1.29 is 4.79 Å². The van der Waals surface area contributed by atoms with Crippen molar-refractivity contribution in [3.05, 3.63) is 54.5 Å². The van der Waals surface area contributed by atoms with Crippen molar-refractivity contribution in [2.24, 2.45) is 0 Å². The number of carbonyl (C=O) groups excluding carboxylic acids is 1. The molecule has 2 aromatic heterocycles. The number of amides is 1. The van der Waals surface area contributed by atoms with Gasteiger partial charge >= 0.3 is 0 Å². The lowest BCUT2D eigenvalue weighted by Gasteiger charge is -2.05. The summed E-state index contributed by atoms with van der Waals surface area (Å²) >= 11 is 0. The van der Waals surface area contributed by atoms with Gasteiger partial charge in [0.25, 0.3) is 5.91 Å². The van der Waals surface area contributed by atoms with E-state index in [1.165, 1.54) is 0 Å². The predicted molar refractivity (Wildman–Crippen MR) is 77.6 cm³/mol. The van der Waals surface area contributed by atoms with E-state index < -0.39 is 0 Å². The number of anilines is 1. The fourth-order valence-corrected chi connectivity index (χ4v) is 2.10. The highest BCUT2D eigenvalue weighted by Crippen LogP contribution is 2.18. The first kappa shape index (κ1) is 12.3. The van der Waals surface area contributed by atoms with Gasteiger partial charge in [0, 0.05) is 29.9 Å². The van der Waals surface area contributed by atoms with E-state index in [-0.39, 0.29) is 5.91 Å². The second-order valence-electron chi connectivity index (χ2n) is 4.41. The van der Waals surface area contributed by atoms with E-state index in [0.29, 0.717) is 11.3 Å². The molecule has 0 aliphatic heterocycles. The normalized spacial score (nSPS) is 10.7. The van der Waals surface area contributed by atoms with Gasteiger partial charge in [0.1, 0.15) is 0 Å². The zero-order valence-electron chi connectivity index (χ0n) is 11.1. The molecule has 0 aliphatic rings. The Bertz CT molecular complexity index is 758. The third-order valence-corrected chi connectivity index (χ3v) is 3.11. The highest BCUT2D eigenvalue weighted by molar-refractivity contribution is 6.12. The molecule has 5 nitrogen and oxygen atoms in total. The molecule has 0 saturated heterocycles. The lowest BCUT2D eigenvalue weighted by Crippen LogP contribution is -2.12. The molecule has 0 atom stereocenters. The number of pyridine rings is 1. The van der Waals surface area contributed by atoms with Crippen LogP contribution in [0.5, 0.6) is 0 Å². The van der Waals surface area contributed by atoms with E-state index in [1.807, 2.05) is 31.2 Å². The Hall–Kier alpha value is -2.69. The van der Waals surface area contributed by atoms with Gasteiger partial charge in [-0.05, 0) is 25.1 Å². The number of fused-ring (bicyclic) bond motifs is 1. The van der Waals surface area contributed by atoms with Crippen molar-refractivity contribution >= 4 is 22.5 Å². The Labute approximate surface area is 116 Å². The van der Waals surface area contributed by atoms with Crippen LogP contribution in [-0.4, -0.2) is 20.7 Å². The van der Waals surface area contributed by atoms with E-state index in [2.05, 4.69) is 15.4 Å². The molecule has 0 saturated carbocycles. The first-order valence-corrected chi connectivity index (χ1v) is 6.45. The van der Waals surface area contributed by atoms with Crippen LogP contribution >= 0.6 is 0 Å². The lowest BCUT2D eigenvalue weighted by atomic mass is 10.1. The number of aryl methyl sites for hydroxylation is 1. The molecule has 0 unspecified atom stereocenters. The molecule has 0 bridgehead atoms. The van der Waals surface area contributed by atoms with Crippen molar-refractivity contribution in [1.82, 2.24) is 14.8 Å². The Balaban J connectivity index is 1.92. The number of benzene rings is 1. The molecule has 3 rings (SSSR count). The second kappa shape index (κ2) is 5.13. The Kier molecular flexibility index (Phi) is 3.16. The van der Waals surface area contributed by atoms with Gasteiger partial charge in [0.15, 0.2) is 0 Å². The summed E-state index contributed by atoms with van der Waals surface area (Å²) in [4.78, 5) is 16.6. The Morgan fingerprint density at radius 1 is 1.30 bits per heavy atom. The van der Waals surface area contributed by atoms with Crippen LogP contribution < -0.4 is 5.32 Å². The van der Waals surface area contributed by atoms with Crippen LogP contribution in [0.2, 0.25) is 0 Å². The minimum atomic E-state index is -0.153. The minimum Gasteiger partial charge on any atom is -0.319 e. The number of hydrogen-bond acceptors (Lipinski definition) is 3. The highest BCUT2D eigenvalue weighted by Gasteiger charge is 2.11. The van der Waals surface area contributed by atoms with Crippen molar-refractivity contribution in [1.29, 1.82) is 0 Å². The fourth-order valence-electron chi connectivity index (χ4n) is 2.10. The van der Waals surface area contributed by atoms with E-state index in [1.54, 1.807) is 29.3 Å². The van der Waals surface area contributed by atoms with Crippen LogP contribution in [0.1, 0.15) is 17.3 Å². The molecule has 2 heterocycles. The lowest BCUT2D eigenvalue weighted by molar-refractivity contribution is 0.102. The largest absolute Gasteiger partial charge is 0.319 e. The molecule has 0 spiro atoms. The predicted octanol–water partition coefficient (Wildman–Crippen LogP) is 2.70. The van der Waals surface area contributed by atoms with Crippen LogP contribution in [-0.2, 0) is 6.54 Å². The van der Waals surface area contributed by atoms with Crippen LogP contribution in [0, 0.1) is 0 Å². The molecule has 1 amide bonds. The highest BCUT2D eigenvalue weighted by atomic mass is 16.1. The van der Waals surface area contributed by atoms with Crippen molar-refractivity contribution in [3.63, 3.8) is 0 Å². The maximum absolute atomic E-state index is 12.3. The molecule has 5 heteroatoms. The number of nitrogens with zero attached hydrogens (tertiary/aromatic N) is 3. The quantitative estimate of drug-likeness (QED) is 0.793. The summed E-state index contributed by atoms with van der Waals surface area (Å²) in [5, 5.41) is 7.83. The summed E-state index contributed by atoms with van der Waals surface area (Å²) in [7, 11) is 0. The van der Waals surface area contributed by atoms with Gasteiger partial charge < -0.3 is 5.32 Å². The van der Waals surface area contributed by atoms with Gasteiger partial charge in [-0.1, -0.05) is 12.1 Å². The Morgan fingerprint density at radius 3 is 3.00 bits per heavy atom. The average Bonchev–Trinajstić information content (AvgIpc) is 2.94. The Morgan fingerprint density at radius 2 is 2.20 bits per heavy atom. The number of aromatic nitrogens is 3. The number of hydrogen-bond donors (Lipinski definition) is 1. The van der Waals surface area contributed by atoms with Gasteiger partial charge in [0.2, 0.25) is 0 Å². The molecule has 0 aliphatic carbocycles. The number of carbonyl (C=O) groups is 1. The van der Waals surface area contributed by atoms with Gasteiger partial charge in [-0.25, -0.2) is 0 Å². The molecule has 0 fully saturated rings. The minimum absolute atomic E-state index is 0.153.